The first kappa shape index (κ1) is 20.2. The third-order valence-corrected chi connectivity index (χ3v) is 3.09. The molecule has 0 heterocycles. The van der Waals surface area contributed by atoms with Crippen molar-refractivity contribution in [2.75, 3.05) is 0 Å². The molecule has 0 aliphatic rings. The van der Waals surface area contributed by atoms with Crippen molar-refractivity contribution in [1.82, 2.24) is 0 Å². The summed E-state index contributed by atoms with van der Waals surface area (Å²) in [6.45, 7) is 2.12. The van der Waals surface area contributed by atoms with Gasteiger partial charge in [0.1, 0.15) is 0 Å². The van der Waals surface area contributed by atoms with Crippen LogP contribution in [0.1, 0.15) is 43.7 Å². The molecule has 0 aromatic heterocycles. The van der Waals surface area contributed by atoms with Crippen LogP contribution >= 0.6 is 0 Å². The number of carbonyl (C=O) groups excluding carboxylic acids is 2. The topological polar surface area (TPSA) is 80.3 Å². The standard InChI is InChI=1S/C16H20O4.Ca/c1-2-3-4-5-8-12-9-6-7-10-13(12)14(16(19)20)11-15(17)18;/h6-7,9-11H,2-5,8H2,1H3,(H,17,18)(H,19,20);/q;+2/p-2/b14-11-;. The van der Waals surface area contributed by atoms with E-state index in [4.69, 9.17) is 0 Å². The number of unbranched alkanes of at least 4 members (excludes halogenated alkanes) is 3. The predicted octanol–water partition coefficient (Wildman–Crippen LogP) is 0.312. The Hall–Kier alpha value is -0.840. The quantitative estimate of drug-likeness (QED) is 0.393. The Kier molecular flexibility index (Phi) is 10.4. The molecule has 0 saturated carbocycles. The van der Waals surface area contributed by atoms with Crippen molar-refractivity contribution in [3.8, 4) is 0 Å². The van der Waals surface area contributed by atoms with Crippen LogP contribution in [-0.4, -0.2) is 49.7 Å². The summed E-state index contributed by atoms with van der Waals surface area (Å²) in [6.07, 6.45) is 5.56. The van der Waals surface area contributed by atoms with Crippen LogP contribution in [0.3, 0.4) is 0 Å². The molecule has 0 fully saturated rings. The van der Waals surface area contributed by atoms with E-state index in [0.717, 1.165) is 31.2 Å². The molecule has 0 amide bonds. The molecule has 0 aliphatic heterocycles. The molecule has 1 aromatic rings. The van der Waals surface area contributed by atoms with E-state index in [1.165, 1.54) is 0 Å². The summed E-state index contributed by atoms with van der Waals surface area (Å²) < 4.78 is 0. The van der Waals surface area contributed by atoms with Gasteiger partial charge >= 0.3 is 37.7 Å². The fourth-order valence-corrected chi connectivity index (χ4v) is 2.11. The smallest absolute Gasteiger partial charge is 0.545 e. The summed E-state index contributed by atoms with van der Waals surface area (Å²) >= 11 is 0. The largest absolute Gasteiger partial charge is 2.00 e. The first-order chi connectivity index (χ1) is 9.56. The second kappa shape index (κ2) is 10.8. The third-order valence-electron chi connectivity index (χ3n) is 3.09. The van der Waals surface area contributed by atoms with E-state index in [9.17, 15) is 19.8 Å². The number of carbonyl (C=O) groups is 2. The van der Waals surface area contributed by atoms with Crippen molar-refractivity contribution in [3.05, 3.63) is 41.5 Å². The molecule has 4 nitrogen and oxygen atoms in total. The van der Waals surface area contributed by atoms with Gasteiger partial charge in [0.15, 0.2) is 0 Å². The SMILES string of the molecule is CCCCCCc1ccccc1/C(=C/C(=O)[O-])C(=O)[O-].[Ca+2]. The van der Waals surface area contributed by atoms with Gasteiger partial charge in [-0.15, -0.1) is 0 Å². The normalized spacial score (nSPS) is 10.8. The molecule has 1 aromatic carbocycles. The zero-order valence-electron chi connectivity index (χ0n) is 12.3. The number of carboxylic acids is 2. The van der Waals surface area contributed by atoms with E-state index in [1.54, 1.807) is 12.1 Å². The van der Waals surface area contributed by atoms with Crippen molar-refractivity contribution < 1.29 is 19.8 Å². The third kappa shape index (κ3) is 7.11. The predicted molar refractivity (Wildman–Crippen MR) is 78.0 cm³/mol. The Morgan fingerprint density at radius 2 is 1.76 bits per heavy atom. The van der Waals surface area contributed by atoms with Gasteiger partial charge in [-0.2, -0.15) is 0 Å². The maximum atomic E-state index is 11.1. The fourth-order valence-electron chi connectivity index (χ4n) is 2.11. The van der Waals surface area contributed by atoms with Crippen LogP contribution in [0.4, 0.5) is 0 Å². The molecule has 0 unspecified atom stereocenters. The van der Waals surface area contributed by atoms with Crippen LogP contribution in [-0.2, 0) is 16.0 Å². The molecule has 0 saturated heterocycles. The minimum atomic E-state index is -1.54. The van der Waals surface area contributed by atoms with E-state index in [0.29, 0.717) is 18.1 Å². The number of carboxylic acid groups (broad SMARTS) is 2. The summed E-state index contributed by atoms with van der Waals surface area (Å²) in [5.41, 5.74) is 0.879. The van der Waals surface area contributed by atoms with Crippen molar-refractivity contribution in [2.45, 2.75) is 39.0 Å². The van der Waals surface area contributed by atoms with Crippen molar-refractivity contribution in [1.29, 1.82) is 0 Å². The maximum absolute atomic E-state index is 11.1. The van der Waals surface area contributed by atoms with Crippen LogP contribution in [0, 0.1) is 0 Å². The Morgan fingerprint density at radius 3 is 2.33 bits per heavy atom. The van der Waals surface area contributed by atoms with Gasteiger partial charge in [-0.05, 0) is 30.0 Å². The minimum Gasteiger partial charge on any atom is -0.545 e. The molecular weight excluding hydrogens is 296 g/mol. The van der Waals surface area contributed by atoms with E-state index in [-0.39, 0.29) is 43.3 Å². The van der Waals surface area contributed by atoms with E-state index in [1.807, 2.05) is 12.1 Å². The number of aliphatic carboxylic acids is 2. The van der Waals surface area contributed by atoms with Gasteiger partial charge in [0.05, 0.1) is 11.9 Å². The molecule has 21 heavy (non-hydrogen) atoms. The van der Waals surface area contributed by atoms with Gasteiger partial charge in [0, 0.05) is 5.57 Å². The molecular formula is C16H18CaO4. The molecule has 0 spiro atoms. The summed E-state index contributed by atoms with van der Waals surface area (Å²) in [7, 11) is 0. The molecule has 0 N–H and O–H groups in total. The van der Waals surface area contributed by atoms with Gasteiger partial charge in [-0.25, -0.2) is 0 Å². The number of benzene rings is 1. The Bertz CT molecular complexity index is 509. The summed E-state index contributed by atoms with van der Waals surface area (Å²) in [5, 5.41) is 21.7. The molecule has 0 radical (unpaired) electrons. The molecule has 108 valence electrons. The van der Waals surface area contributed by atoms with Crippen LogP contribution < -0.4 is 10.2 Å². The molecule has 1 rings (SSSR count). The number of hydrogen-bond acceptors (Lipinski definition) is 4. The second-order valence-corrected chi connectivity index (χ2v) is 4.63. The average Bonchev–Trinajstić information content (AvgIpc) is 2.41. The van der Waals surface area contributed by atoms with Crippen LogP contribution in [0.25, 0.3) is 5.57 Å². The number of hydrogen-bond donors (Lipinski definition) is 0. The molecule has 0 aliphatic carbocycles. The summed E-state index contributed by atoms with van der Waals surface area (Å²) in [4.78, 5) is 21.7. The Morgan fingerprint density at radius 1 is 1.10 bits per heavy atom. The van der Waals surface area contributed by atoms with Gasteiger partial charge in [-0.1, -0.05) is 50.5 Å². The van der Waals surface area contributed by atoms with Crippen LogP contribution in [0.5, 0.6) is 0 Å². The van der Waals surface area contributed by atoms with Gasteiger partial charge in [0.25, 0.3) is 0 Å². The number of aryl methyl sites for hydroxylation is 1. The Balaban J connectivity index is 0.00000400. The number of rotatable bonds is 8. The zero-order valence-corrected chi connectivity index (χ0v) is 14.5. The Labute approximate surface area is 154 Å². The van der Waals surface area contributed by atoms with Gasteiger partial charge < -0.3 is 19.8 Å². The molecule has 0 bridgehead atoms. The van der Waals surface area contributed by atoms with Gasteiger partial charge in [0.2, 0.25) is 0 Å². The van der Waals surface area contributed by atoms with E-state index >= 15 is 0 Å². The summed E-state index contributed by atoms with van der Waals surface area (Å²) in [5.74, 6) is -3.04. The second-order valence-electron chi connectivity index (χ2n) is 4.63. The monoisotopic (exact) mass is 314 g/mol. The van der Waals surface area contributed by atoms with Crippen molar-refractivity contribution in [2.24, 2.45) is 0 Å². The first-order valence-corrected chi connectivity index (χ1v) is 6.78. The van der Waals surface area contributed by atoms with Crippen LogP contribution in [0.15, 0.2) is 30.3 Å². The maximum Gasteiger partial charge on any atom is 2.00 e. The van der Waals surface area contributed by atoms with Gasteiger partial charge in [-0.3, -0.25) is 0 Å². The van der Waals surface area contributed by atoms with Crippen molar-refractivity contribution >= 4 is 55.2 Å². The average molecular weight is 314 g/mol. The first-order valence-electron chi connectivity index (χ1n) is 6.78. The fraction of sp³-hybridized carbons (Fsp3) is 0.375. The molecule has 0 atom stereocenters. The van der Waals surface area contributed by atoms with E-state index < -0.39 is 11.9 Å². The summed E-state index contributed by atoms with van der Waals surface area (Å²) in [6, 6.07) is 6.90. The van der Waals surface area contributed by atoms with E-state index in [2.05, 4.69) is 6.92 Å². The minimum absolute atomic E-state index is 0. The molecule has 5 heteroatoms. The van der Waals surface area contributed by atoms with Crippen molar-refractivity contribution in [3.63, 3.8) is 0 Å². The zero-order chi connectivity index (χ0) is 15.0. The van der Waals surface area contributed by atoms with Crippen LogP contribution in [0.2, 0.25) is 0 Å².